The molecule has 0 aliphatic rings. The highest BCUT2D eigenvalue weighted by molar-refractivity contribution is 5.38. The molecule has 2 rings (SSSR count). The summed E-state index contributed by atoms with van der Waals surface area (Å²) in [6, 6.07) is 7.65. The topological polar surface area (TPSA) is 86.5 Å². The molecule has 0 fully saturated rings. The predicted molar refractivity (Wildman–Crippen MR) is 73.0 cm³/mol. The van der Waals surface area contributed by atoms with E-state index in [1.54, 1.807) is 18.2 Å². The number of alkyl halides is 3. The molecule has 9 heteroatoms. The van der Waals surface area contributed by atoms with E-state index < -0.39 is 11.9 Å². The molecule has 0 saturated carbocycles. The second-order valence-corrected chi connectivity index (χ2v) is 4.14. The van der Waals surface area contributed by atoms with E-state index in [2.05, 4.69) is 25.6 Å². The van der Waals surface area contributed by atoms with Crippen molar-refractivity contribution in [1.82, 2.24) is 15.0 Å². The first kappa shape index (κ1) is 15.5. The summed E-state index contributed by atoms with van der Waals surface area (Å²) >= 11 is 0. The maximum atomic E-state index is 12.5. The molecule has 22 heavy (non-hydrogen) atoms. The largest absolute Gasteiger partial charge is 0.433 e. The Bertz CT molecular complexity index is 680. The quantitative estimate of drug-likeness (QED) is 0.824. The average molecular weight is 308 g/mol. The van der Waals surface area contributed by atoms with Crippen LogP contribution in [0, 0.1) is 11.3 Å². The number of rotatable bonds is 5. The van der Waals surface area contributed by atoms with Crippen LogP contribution >= 0.6 is 0 Å². The fourth-order valence-electron chi connectivity index (χ4n) is 1.56. The second-order valence-electron chi connectivity index (χ2n) is 4.14. The van der Waals surface area contributed by atoms with Gasteiger partial charge in [-0.3, -0.25) is 0 Å². The number of anilines is 2. The van der Waals surface area contributed by atoms with E-state index in [1.165, 1.54) is 0 Å². The Morgan fingerprint density at radius 2 is 1.86 bits per heavy atom. The summed E-state index contributed by atoms with van der Waals surface area (Å²) in [5, 5.41) is 14.3. The smallest absolute Gasteiger partial charge is 0.368 e. The van der Waals surface area contributed by atoms with Crippen molar-refractivity contribution in [3.05, 3.63) is 41.9 Å². The maximum absolute atomic E-state index is 12.5. The Morgan fingerprint density at radius 1 is 1.09 bits per heavy atom. The van der Waals surface area contributed by atoms with Gasteiger partial charge in [0, 0.05) is 19.3 Å². The Hall–Kier alpha value is -2.89. The minimum absolute atomic E-state index is 0.102. The summed E-state index contributed by atoms with van der Waals surface area (Å²) in [5.74, 6) is 0.404. The summed E-state index contributed by atoms with van der Waals surface area (Å²) in [6.45, 7) is 0.668. The molecule has 2 heterocycles. The summed E-state index contributed by atoms with van der Waals surface area (Å²) in [7, 11) is 0. The summed E-state index contributed by atoms with van der Waals surface area (Å²) in [5.41, 5.74) is -0.722. The first-order chi connectivity index (χ1) is 10.5. The summed E-state index contributed by atoms with van der Waals surface area (Å²) in [4.78, 5) is 11.1. The van der Waals surface area contributed by atoms with Crippen LogP contribution in [-0.2, 0) is 6.18 Å². The number of hydrogen-bond acceptors (Lipinski definition) is 6. The van der Waals surface area contributed by atoms with Crippen molar-refractivity contribution in [2.24, 2.45) is 0 Å². The van der Waals surface area contributed by atoms with Crippen LogP contribution in [0.1, 0.15) is 11.4 Å². The van der Waals surface area contributed by atoms with E-state index in [0.29, 0.717) is 18.9 Å². The number of nitrogens with one attached hydrogen (secondary N) is 2. The van der Waals surface area contributed by atoms with Gasteiger partial charge in [-0.2, -0.15) is 18.4 Å². The van der Waals surface area contributed by atoms with Gasteiger partial charge in [0.25, 0.3) is 0 Å². The van der Waals surface area contributed by atoms with Gasteiger partial charge in [-0.1, -0.05) is 6.07 Å². The lowest BCUT2D eigenvalue weighted by molar-refractivity contribution is -0.141. The molecular weight excluding hydrogens is 297 g/mol. The van der Waals surface area contributed by atoms with E-state index in [4.69, 9.17) is 5.26 Å². The number of aromatic nitrogens is 3. The Morgan fingerprint density at radius 3 is 2.59 bits per heavy atom. The lowest BCUT2D eigenvalue weighted by Crippen LogP contribution is -2.17. The van der Waals surface area contributed by atoms with Gasteiger partial charge < -0.3 is 10.6 Å². The third kappa shape index (κ3) is 4.31. The molecule has 0 saturated heterocycles. The molecule has 0 atom stereocenters. The Kier molecular flexibility index (Phi) is 4.73. The van der Waals surface area contributed by atoms with Crippen molar-refractivity contribution in [1.29, 1.82) is 5.26 Å². The number of nitrogens with zero attached hydrogens (tertiary/aromatic N) is 4. The zero-order valence-electron chi connectivity index (χ0n) is 11.2. The lowest BCUT2D eigenvalue weighted by Gasteiger charge is -2.09. The molecule has 0 aromatic carbocycles. The molecule has 6 nitrogen and oxygen atoms in total. The molecule has 0 aliphatic heterocycles. The summed E-state index contributed by atoms with van der Waals surface area (Å²) in [6.07, 6.45) is -3.46. The van der Waals surface area contributed by atoms with Gasteiger partial charge >= 0.3 is 6.18 Å². The first-order valence-electron chi connectivity index (χ1n) is 6.24. The molecule has 0 bridgehead atoms. The van der Waals surface area contributed by atoms with E-state index in [-0.39, 0.29) is 11.6 Å². The Balaban J connectivity index is 1.85. The highest BCUT2D eigenvalue weighted by Gasteiger charge is 2.32. The highest BCUT2D eigenvalue weighted by Crippen LogP contribution is 2.27. The SMILES string of the molecule is N#Cc1cccc(NCCNc2nccc(C(F)(F)F)n2)n1. The maximum Gasteiger partial charge on any atom is 0.433 e. The highest BCUT2D eigenvalue weighted by atomic mass is 19.4. The van der Waals surface area contributed by atoms with Gasteiger partial charge in [0.15, 0.2) is 0 Å². The Labute approximate surface area is 124 Å². The van der Waals surface area contributed by atoms with Crippen LogP contribution in [0.5, 0.6) is 0 Å². The van der Waals surface area contributed by atoms with Crippen molar-refractivity contribution in [2.75, 3.05) is 23.7 Å². The van der Waals surface area contributed by atoms with Gasteiger partial charge in [0.1, 0.15) is 23.3 Å². The fraction of sp³-hybridized carbons (Fsp3) is 0.231. The molecule has 0 spiro atoms. The number of pyridine rings is 1. The number of halogens is 3. The van der Waals surface area contributed by atoms with Gasteiger partial charge in [-0.15, -0.1) is 0 Å². The molecule has 0 aliphatic carbocycles. The van der Waals surface area contributed by atoms with Crippen LogP contribution in [0.15, 0.2) is 30.5 Å². The lowest BCUT2D eigenvalue weighted by atomic mass is 10.3. The van der Waals surface area contributed by atoms with E-state index >= 15 is 0 Å². The fourth-order valence-corrected chi connectivity index (χ4v) is 1.56. The third-order valence-electron chi connectivity index (χ3n) is 2.52. The van der Waals surface area contributed by atoms with E-state index in [1.807, 2.05) is 6.07 Å². The van der Waals surface area contributed by atoms with Crippen molar-refractivity contribution in [3.63, 3.8) is 0 Å². The molecule has 0 unspecified atom stereocenters. The van der Waals surface area contributed by atoms with Crippen LogP contribution in [0.4, 0.5) is 24.9 Å². The van der Waals surface area contributed by atoms with Gasteiger partial charge in [0.05, 0.1) is 0 Å². The van der Waals surface area contributed by atoms with Crippen LogP contribution in [-0.4, -0.2) is 28.0 Å². The van der Waals surface area contributed by atoms with Crippen molar-refractivity contribution >= 4 is 11.8 Å². The van der Waals surface area contributed by atoms with Gasteiger partial charge in [-0.05, 0) is 18.2 Å². The van der Waals surface area contributed by atoms with Crippen molar-refractivity contribution in [2.45, 2.75) is 6.18 Å². The number of hydrogen-bond donors (Lipinski definition) is 2. The van der Waals surface area contributed by atoms with E-state index in [9.17, 15) is 13.2 Å². The molecule has 0 amide bonds. The normalized spacial score (nSPS) is 10.8. The van der Waals surface area contributed by atoms with Gasteiger partial charge in [-0.25, -0.2) is 15.0 Å². The zero-order chi connectivity index (χ0) is 16.0. The van der Waals surface area contributed by atoms with E-state index in [0.717, 1.165) is 12.3 Å². The van der Waals surface area contributed by atoms with Crippen LogP contribution in [0.2, 0.25) is 0 Å². The predicted octanol–water partition coefficient (Wildman–Crippen LogP) is 2.29. The summed E-state index contributed by atoms with van der Waals surface area (Å²) < 4.78 is 37.5. The molecule has 2 aromatic heterocycles. The van der Waals surface area contributed by atoms with Crippen LogP contribution in [0.3, 0.4) is 0 Å². The first-order valence-corrected chi connectivity index (χ1v) is 6.24. The van der Waals surface area contributed by atoms with Gasteiger partial charge in [0.2, 0.25) is 5.95 Å². The molecular formula is C13H11F3N6. The molecule has 2 aromatic rings. The molecule has 2 N–H and O–H groups in total. The average Bonchev–Trinajstić information content (AvgIpc) is 2.51. The monoisotopic (exact) mass is 308 g/mol. The minimum Gasteiger partial charge on any atom is -0.368 e. The molecule has 114 valence electrons. The number of nitriles is 1. The molecule has 0 radical (unpaired) electrons. The second kappa shape index (κ2) is 6.71. The third-order valence-corrected chi connectivity index (χ3v) is 2.52. The standard InChI is InChI=1S/C13H11F3N6/c14-13(15,16)10-4-5-19-12(22-10)20-7-6-18-11-3-1-2-9(8-17)21-11/h1-5H,6-7H2,(H,18,21)(H,19,20,22). The van der Waals surface area contributed by atoms with Crippen LogP contribution < -0.4 is 10.6 Å². The van der Waals surface area contributed by atoms with Crippen molar-refractivity contribution < 1.29 is 13.2 Å². The van der Waals surface area contributed by atoms with Crippen LogP contribution in [0.25, 0.3) is 0 Å². The zero-order valence-corrected chi connectivity index (χ0v) is 11.2. The van der Waals surface area contributed by atoms with Crippen molar-refractivity contribution in [3.8, 4) is 6.07 Å². The minimum atomic E-state index is -4.50.